The van der Waals surface area contributed by atoms with Crippen molar-refractivity contribution in [2.45, 2.75) is 39.3 Å². The topological polar surface area (TPSA) is 95.7 Å². The van der Waals surface area contributed by atoms with E-state index < -0.39 is 6.09 Å². The zero-order valence-corrected chi connectivity index (χ0v) is 16.7. The molecule has 1 amide bonds. The largest absolute Gasteiger partial charge is 0.492 e. The van der Waals surface area contributed by atoms with Crippen molar-refractivity contribution in [1.29, 1.82) is 0 Å². The predicted octanol–water partition coefficient (Wildman–Crippen LogP) is 3.96. The summed E-state index contributed by atoms with van der Waals surface area (Å²) in [6.45, 7) is 7.10. The lowest BCUT2D eigenvalue weighted by Crippen LogP contribution is -2.43. The van der Waals surface area contributed by atoms with Crippen LogP contribution in [0.25, 0.3) is 11.1 Å². The van der Waals surface area contributed by atoms with Crippen LogP contribution in [0.4, 0.5) is 10.6 Å². The molecule has 2 aromatic rings. The Hall–Kier alpha value is -2.80. The summed E-state index contributed by atoms with van der Waals surface area (Å²) >= 11 is 0. The van der Waals surface area contributed by atoms with E-state index >= 15 is 0 Å². The minimum atomic E-state index is -0.592. The van der Waals surface area contributed by atoms with Gasteiger partial charge in [-0.15, -0.1) is 0 Å². The highest BCUT2D eigenvalue weighted by atomic mass is 16.5. The normalized spacial score (nSPS) is 14.4. The first-order valence-corrected chi connectivity index (χ1v) is 9.31. The second-order valence-corrected chi connectivity index (χ2v) is 7.80. The monoisotopic (exact) mass is 385 g/mol. The van der Waals surface area contributed by atoms with Gasteiger partial charge in [-0.25, -0.2) is 9.78 Å². The number of benzene rings is 1. The summed E-state index contributed by atoms with van der Waals surface area (Å²) in [5.74, 6) is 2.13. The number of hydrogen-bond acceptors (Lipinski definition) is 6. The number of nitrogens with zero attached hydrogens (tertiary/aromatic N) is 1. The molecular weight excluding hydrogens is 358 g/mol. The van der Waals surface area contributed by atoms with Gasteiger partial charge in [0, 0.05) is 22.9 Å². The molecule has 3 rings (SSSR count). The molecular formula is C21H27N3O4. The van der Waals surface area contributed by atoms with E-state index in [4.69, 9.17) is 15.2 Å². The third-order valence-corrected chi connectivity index (χ3v) is 4.49. The Bertz CT molecular complexity index is 865. The fraction of sp³-hybridized carbons (Fsp3) is 0.429. The van der Waals surface area contributed by atoms with E-state index in [2.05, 4.69) is 28.9 Å². The average Bonchev–Trinajstić information content (AvgIpc) is 2.65. The molecule has 1 aromatic heterocycles. The molecule has 1 atom stereocenters. The van der Waals surface area contributed by atoms with Gasteiger partial charge in [-0.2, -0.15) is 0 Å². The molecule has 0 saturated heterocycles. The van der Waals surface area contributed by atoms with E-state index in [1.165, 1.54) is 7.11 Å². The zero-order chi connectivity index (χ0) is 20.3. The van der Waals surface area contributed by atoms with Crippen LogP contribution in [-0.2, 0) is 11.3 Å². The van der Waals surface area contributed by atoms with Crippen molar-refractivity contribution in [2.24, 2.45) is 11.7 Å². The summed E-state index contributed by atoms with van der Waals surface area (Å²) in [4.78, 5) is 15.7. The maximum absolute atomic E-state index is 11.5. The lowest BCUT2D eigenvalue weighted by Gasteiger charge is -2.27. The third kappa shape index (κ3) is 4.54. The Balaban J connectivity index is 1.80. The Morgan fingerprint density at radius 2 is 2.14 bits per heavy atom. The Labute approximate surface area is 165 Å². The number of carbonyl (C=O) groups is 1. The molecule has 28 heavy (non-hydrogen) atoms. The fourth-order valence-corrected chi connectivity index (χ4v) is 3.47. The molecule has 0 bridgehead atoms. The number of carbonyl (C=O) groups excluding carboxylic acids is 1. The molecule has 0 radical (unpaired) electrons. The third-order valence-electron chi connectivity index (χ3n) is 4.49. The number of fused-ring (bicyclic) bond motifs is 3. The molecule has 1 aliphatic rings. The minimum absolute atomic E-state index is 0.336. The lowest BCUT2D eigenvalue weighted by molar-refractivity contribution is 0.186. The Kier molecular flexibility index (Phi) is 5.74. The first-order valence-electron chi connectivity index (χ1n) is 9.31. The van der Waals surface area contributed by atoms with Crippen molar-refractivity contribution in [3.05, 3.63) is 36.0 Å². The second kappa shape index (κ2) is 8.06. The second-order valence-electron chi connectivity index (χ2n) is 7.80. The minimum Gasteiger partial charge on any atom is -0.492 e. The van der Waals surface area contributed by atoms with Crippen molar-refractivity contribution in [2.75, 3.05) is 19.0 Å². The molecule has 3 N–H and O–H groups in total. The van der Waals surface area contributed by atoms with E-state index in [1.54, 1.807) is 6.20 Å². The van der Waals surface area contributed by atoms with E-state index in [0.29, 0.717) is 30.7 Å². The summed E-state index contributed by atoms with van der Waals surface area (Å²) in [5.41, 5.74) is 8.83. The summed E-state index contributed by atoms with van der Waals surface area (Å²) in [6.07, 6.45) is 1.92. The molecule has 1 aromatic carbocycles. The number of amides is 1. The van der Waals surface area contributed by atoms with E-state index in [9.17, 15) is 4.79 Å². The van der Waals surface area contributed by atoms with Gasteiger partial charge in [0.15, 0.2) is 11.6 Å². The highest BCUT2D eigenvalue weighted by molar-refractivity contribution is 5.89. The van der Waals surface area contributed by atoms with Crippen LogP contribution in [0.2, 0.25) is 0 Å². The van der Waals surface area contributed by atoms with Gasteiger partial charge in [-0.1, -0.05) is 19.9 Å². The van der Waals surface area contributed by atoms with Crippen LogP contribution in [0.3, 0.4) is 0 Å². The van der Waals surface area contributed by atoms with Gasteiger partial charge >= 0.3 is 6.09 Å². The van der Waals surface area contributed by atoms with Gasteiger partial charge < -0.3 is 19.9 Å². The van der Waals surface area contributed by atoms with E-state index in [0.717, 1.165) is 28.9 Å². The van der Waals surface area contributed by atoms with Crippen LogP contribution in [0.15, 0.2) is 30.5 Å². The van der Waals surface area contributed by atoms with Gasteiger partial charge in [0.05, 0.1) is 7.11 Å². The van der Waals surface area contributed by atoms with Crippen LogP contribution in [-0.4, -0.2) is 30.3 Å². The summed E-state index contributed by atoms with van der Waals surface area (Å²) in [5, 5.41) is 2.58. The van der Waals surface area contributed by atoms with Gasteiger partial charge in [-0.05, 0) is 43.0 Å². The summed E-state index contributed by atoms with van der Waals surface area (Å²) in [6, 6.07) is 7.74. The quantitative estimate of drug-likeness (QED) is 0.781. The first kappa shape index (κ1) is 19.9. The fourth-order valence-electron chi connectivity index (χ4n) is 3.47. The number of anilines is 1. The number of methoxy groups -OCH3 is 1. The van der Waals surface area contributed by atoms with Crippen molar-refractivity contribution in [3.63, 3.8) is 0 Å². The van der Waals surface area contributed by atoms with Gasteiger partial charge in [0.1, 0.15) is 19.0 Å². The van der Waals surface area contributed by atoms with Gasteiger partial charge in [0.2, 0.25) is 0 Å². The molecule has 2 heterocycles. The SMILES string of the molecule is COC(=O)Nc1nccc2c1OCc1cc(OCC(C)(N)CC(C)C)ccc1-2. The molecule has 0 saturated carbocycles. The Morgan fingerprint density at radius 3 is 2.86 bits per heavy atom. The number of rotatable bonds is 6. The molecule has 0 aliphatic carbocycles. The first-order chi connectivity index (χ1) is 13.3. The summed E-state index contributed by atoms with van der Waals surface area (Å²) < 4.78 is 16.5. The van der Waals surface area contributed by atoms with E-state index in [1.807, 2.05) is 31.2 Å². The standard InChI is InChI=1S/C21H27N3O4/c1-13(2)10-21(3,22)12-28-15-5-6-16-14(9-15)11-27-18-17(16)7-8-23-19(18)24-20(25)26-4/h5-9,13H,10-12,22H2,1-4H3,(H,23,24,25). The average molecular weight is 385 g/mol. The molecule has 150 valence electrons. The molecule has 1 unspecified atom stereocenters. The molecule has 0 fully saturated rings. The Morgan fingerprint density at radius 1 is 1.36 bits per heavy atom. The predicted molar refractivity (Wildman–Crippen MR) is 108 cm³/mol. The van der Waals surface area contributed by atoms with Crippen molar-refractivity contribution < 1.29 is 19.0 Å². The maximum atomic E-state index is 11.5. The molecule has 7 nitrogen and oxygen atoms in total. The summed E-state index contributed by atoms with van der Waals surface area (Å²) in [7, 11) is 1.30. The zero-order valence-electron chi connectivity index (χ0n) is 16.7. The molecule has 0 spiro atoms. The van der Waals surface area contributed by atoms with E-state index in [-0.39, 0.29) is 5.54 Å². The van der Waals surface area contributed by atoms with Crippen LogP contribution >= 0.6 is 0 Å². The molecule has 7 heteroatoms. The van der Waals surface area contributed by atoms with Crippen LogP contribution in [0.1, 0.15) is 32.8 Å². The number of nitrogens with two attached hydrogens (primary N) is 1. The number of pyridine rings is 1. The number of hydrogen-bond donors (Lipinski definition) is 2. The number of aromatic nitrogens is 1. The smallest absolute Gasteiger partial charge is 0.412 e. The van der Waals surface area contributed by atoms with Crippen molar-refractivity contribution in [3.8, 4) is 22.6 Å². The number of nitrogens with one attached hydrogen (secondary N) is 1. The number of ether oxygens (including phenoxy) is 3. The molecule has 1 aliphatic heterocycles. The van der Waals surface area contributed by atoms with Crippen LogP contribution < -0.4 is 20.5 Å². The van der Waals surface area contributed by atoms with Crippen LogP contribution in [0.5, 0.6) is 11.5 Å². The van der Waals surface area contributed by atoms with Gasteiger partial charge in [0.25, 0.3) is 0 Å². The van der Waals surface area contributed by atoms with Gasteiger partial charge in [-0.3, -0.25) is 5.32 Å². The highest BCUT2D eigenvalue weighted by Gasteiger charge is 2.24. The highest BCUT2D eigenvalue weighted by Crippen LogP contribution is 2.42. The maximum Gasteiger partial charge on any atom is 0.412 e. The van der Waals surface area contributed by atoms with Crippen molar-refractivity contribution in [1.82, 2.24) is 4.98 Å². The van der Waals surface area contributed by atoms with Crippen LogP contribution in [0, 0.1) is 5.92 Å². The lowest BCUT2D eigenvalue weighted by atomic mass is 9.93. The van der Waals surface area contributed by atoms with Crippen molar-refractivity contribution >= 4 is 11.9 Å².